The summed E-state index contributed by atoms with van der Waals surface area (Å²) in [6.07, 6.45) is 3.09. The van der Waals surface area contributed by atoms with Gasteiger partial charge in [0.2, 0.25) is 0 Å². The number of ether oxygens (including phenoxy) is 1. The first kappa shape index (κ1) is 18.6. The fourth-order valence-corrected chi connectivity index (χ4v) is 3.41. The molecule has 0 radical (unpaired) electrons. The number of aromatic nitrogens is 3. The molecule has 6 heteroatoms. The van der Waals surface area contributed by atoms with Crippen LogP contribution in [-0.4, -0.2) is 14.8 Å². The summed E-state index contributed by atoms with van der Waals surface area (Å²) in [5.74, 6) is 1.82. The van der Waals surface area contributed by atoms with Gasteiger partial charge in [-0.2, -0.15) is 5.10 Å². The molecule has 0 bridgehead atoms. The smallest absolute Gasteiger partial charge is 0.258 e. The Morgan fingerprint density at radius 3 is 2.58 bits per heavy atom. The van der Waals surface area contributed by atoms with Gasteiger partial charge in [0.15, 0.2) is 0 Å². The molecule has 1 fully saturated rings. The highest BCUT2D eigenvalue weighted by atomic mass is 35.5. The van der Waals surface area contributed by atoms with Crippen LogP contribution in [0, 0.1) is 31.5 Å². The summed E-state index contributed by atoms with van der Waals surface area (Å²) in [6, 6.07) is 6.33. The van der Waals surface area contributed by atoms with Gasteiger partial charge in [-0.1, -0.05) is 19.1 Å². The monoisotopic (exact) mass is 375 g/mol. The third kappa shape index (κ3) is 3.40. The molecule has 2 aromatic heterocycles. The number of benzene rings is 1. The maximum Gasteiger partial charge on any atom is 0.258 e. The Hall–Kier alpha value is -2.14. The largest absolute Gasteiger partial charge is 0.470 e. The van der Waals surface area contributed by atoms with E-state index in [0.717, 1.165) is 34.8 Å². The number of hydrogen-bond donors (Lipinski definition) is 0. The molecular weight excluding hydrogens is 353 g/mol. The number of fused-ring (bicyclic) bond motifs is 1. The lowest BCUT2D eigenvalue weighted by Crippen LogP contribution is -2.06. The minimum atomic E-state index is -0.246. The van der Waals surface area contributed by atoms with E-state index in [1.807, 2.05) is 6.20 Å². The van der Waals surface area contributed by atoms with E-state index in [1.165, 1.54) is 29.8 Å². The predicted molar refractivity (Wildman–Crippen MR) is 102 cm³/mol. The van der Waals surface area contributed by atoms with Gasteiger partial charge in [0.25, 0.3) is 5.88 Å². The van der Waals surface area contributed by atoms with Crippen molar-refractivity contribution in [2.75, 3.05) is 0 Å². The SMILES string of the molecule is Cc1c(C)n(C[C@H]2C[C@@H]2C)c2c(OCc3ccc(F)cc3)nncc12.Cl. The maximum atomic E-state index is 13.1. The summed E-state index contributed by atoms with van der Waals surface area (Å²) in [4.78, 5) is 0. The molecule has 1 saturated carbocycles. The van der Waals surface area contributed by atoms with E-state index in [9.17, 15) is 4.39 Å². The number of nitrogens with zero attached hydrogens (tertiary/aromatic N) is 3. The lowest BCUT2D eigenvalue weighted by molar-refractivity contribution is 0.292. The second-order valence-corrected chi connectivity index (χ2v) is 7.12. The molecule has 1 aliphatic carbocycles. The van der Waals surface area contributed by atoms with Gasteiger partial charge in [-0.25, -0.2) is 4.39 Å². The summed E-state index contributed by atoms with van der Waals surface area (Å²) < 4.78 is 21.3. The van der Waals surface area contributed by atoms with Gasteiger partial charge in [0, 0.05) is 17.6 Å². The molecule has 0 unspecified atom stereocenters. The zero-order valence-corrected chi connectivity index (χ0v) is 16.0. The van der Waals surface area contributed by atoms with Crippen molar-refractivity contribution in [3.63, 3.8) is 0 Å². The van der Waals surface area contributed by atoms with Crippen LogP contribution in [0.2, 0.25) is 0 Å². The van der Waals surface area contributed by atoms with E-state index in [0.29, 0.717) is 12.5 Å². The second kappa shape index (κ2) is 7.23. The summed E-state index contributed by atoms with van der Waals surface area (Å²) in [6.45, 7) is 7.90. The summed E-state index contributed by atoms with van der Waals surface area (Å²) in [5.41, 5.74) is 4.40. The summed E-state index contributed by atoms with van der Waals surface area (Å²) >= 11 is 0. The Morgan fingerprint density at radius 1 is 1.23 bits per heavy atom. The predicted octanol–water partition coefficient (Wildman–Crippen LogP) is 4.84. The van der Waals surface area contributed by atoms with Crippen LogP contribution in [0.5, 0.6) is 5.88 Å². The molecule has 0 N–H and O–H groups in total. The molecule has 1 aromatic carbocycles. The number of rotatable bonds is 5. The van der Waals surface area contributed by atoms with Crippen LogP contribution in [0.1, 0.15) is 30.2 Å². The lowest BCUT2D eigenvalue weighted by atomic mass is 10.2. The topological polar surface area (TPSA) is 39.9 Å². The van der Waals surface area contributed by atoms with Crippen LogP contribution in [0.4, 0.5) is 4.39 Å². The van der Waals surface area contributed by atoms with Gasteiger partial charge in [0.1, 0.15) is 17.9 Å². The Balaban J connectivity index is 0.00000196. The minimum Gasteiger partial charge on any atom is -0.470 e. The van der Waals surface area contributed by atoms with Crippen LogP contribution in [-0.2, 0) is 13.2 Å². The molecule has 4 rings (SSSR count). The Morgan fingerprint density at radius 2 is 1.92 bits per heavy atom. The highest BCUT2D eigenvalue weighted by Gasteiger charge is 2.34. The van der Waals surface area contributed by atoms with E-state index < -0.39 is 0 Å². The number of halogens is 2. The zero-order valence-electron chi connectivity index (χ0n) is 15.2. The Labute approximate surface area is 158 Å². The Kier molecular flexibility index (Phi) is 5.19. The van der Waals surface area contributed by atoms with Crippen molar-refractivity contribution < 1.29 is 9.13 Å². The van der Waals surface area contributed by atoms with Crippen LogP contribution in [0.3, 0.4) is 0 Å². The molecule has 3 aromatic rings. The molecule has 4 nitrogen and oxygen atoms in total. The van der Waals surface area contributed by atoms with Crippen LogP contribution in [0.25, 0.3) is 10.9 Å². The van der Waals surface area contributed by atoms with E-state index in [2.05, 4.69) is 35.5 Å². The van der Waals surface area contributed by atoms with Crippen LogP contribution < -0.4 is 4.74 Å². The first-order valence-corrected chi connectivity index (χ1v) is 8.73. The van der Waals surface area contributed by atoms with Crippen LogP contribution >= 0.6 is 12.4 Å². The van der Waals surface area contributed by atoms with Gasteiger partial charge >= 0.3 is 0 Å². The van der Waals surface area contributed by atoms with Gasteiger partial charge in [-0.05, 0) is 55.4 Å². The fraction of sp³-hybridized carbons (Fsp3) is 0.400. The summed E-state index contributed by atoms with van der Waals surface area (Å²) in [7, 11) is 0. The molecule has 0 spiro atoms. The van der Waals surface area contributed by atoms with Crippen LogP contribution in [0.15, 0.2) is 30.5 Å². The maximum absolute atomic E-state index is 13.1. The lowest BCUT2D eigenvalue weighted by Gasteiger charge is -2.11. The van der Waals surface area contributed by atoms with E-state index >= 15 is 0 Å². The van der Waals surface area contributed by atoms with Gasteiger partial charge < -0.3 is 9.30 Å². The molecule has 0 saturated heterocycles. The zero-order chi connectivity index (χ0) is 17.6. The highest BCUT2D eigenvalue weighted by Crippen LogP contribution is 2.41. The van der Waals surface area contributed by atoms with Crippen molar-refractivity contribution in [1.29, 1.82) is 0 Å². The Bertz CT molecular complexity index is 923. The third-order valence-electron chi connectivity index (χ3n) is 5.40. The molecule has 138 valence electrons. The summed E-state index contributed by atoms with van der Waals surface area (Å²) in [5, 5.41) is 9.44. The average Bonchev–Trinajstić information content (AvgIpc) is 3.26. The van der Waals surface area contributed by atoms with Crippen molar-refractivity contribution in [2.45, 2.75) is 40.3 Å². The van der Waals surface area contributed by atoms with E-state index in [-0.39, 0.29) is 18.2 Å². The standard InChI is InChI=1S/C20H22FN3O.ClH/c1-12-8-16(12)10-24-14(3)13(2)18-9-22-23-20(19(18)24)25-11-15-4-6-17(21)7-5-15;/h4-7,9,12,16H,8,10-11H2,1-3H3;1H/t12-,16+;/m0./s1. The normalized spacial score (nSPS) is 18.6. The van der Waals surface area contributed by atoms with Crippen molar-refractivity contribution in [1.82, 2.24) is 14.8 Å². The third-order valence-corrected chi connectivity index (χ3v) is 5.40. The highest BCUT2D eigenvalue weighted by molar-refractivity contribution is 5.88. The fourth-order valence-electron chi connectivity index (χ4n) is 3.41. The molecule has 2 atom stereocenters. The van der Waals surface area contributed by atoms with Crippen molar-refractivity contribution >= 4 is 23.3 Å². The van der Waals surface area contributed by atoms with Crippen molar-refractivity contribution in [3.05, 3.63) is 53.1 Å². The molecule has 0 aliphatic heterocycles. The van der Waals surface area contributed by atoms with Gasteiger partial charge in [0.05, 0.1) is 6.20 Å². The molecular formula is C20H23ClFN3O. The minimum absolute atomic E-state index is 0. The quantitative estimate of drug-likeness (QED) is 0.640. The van der Waals surface area contributed by atoms with Crippen molar-refractivity contribution in [2.24, 2.45) is 11.8 Å². The number of hydrogen-bond acceptors (Lipinski definition) is 3. The van der Waals surface area contributed by atoms with E-state index in [1.54, 1.807) is 12.1 Å². The second-order valence-electron chi connectivity index (χ2n) is 7.12. The van der Waals surface area contributed by atoms with Gasteiger partial charge in [-0.15, -0.1) is 17.5 Å². The molecule has 2 heterocycles. The molecule has 1 aliphatic rings. The van der Waals surface area contributed by atoms with E-state index in [4.69, 9.17) is 4.74 Å². The first-order valence-electron chi connectivity index (χ1n) is 8.73. The first-order chi connectivity index (χ1) is 12.0. The number of aryl methyl sites for hydroxylation is 1. The molecule has 26 heavy (non-hydrogen) atoms. The molecule has 0 amide bonds. The van der Waals surface area contributed by atoms with Gasteiger partial charge in [-0.3, -0.25) is 0 Å². The average molecular weight is 376 g/mol. The van der Waals surface area contributed by atoms with Crippen molar-refractivity contribution in [3.8, 4) is 5.88 Å².